The Morgan fingerprint density at radius 1 is 1.24 bits per heavy atom. The van der Waals surface area contributed by atoms with Crippen LogP contribution in [0.4, 0.5) is 4.39 Å². The van der Waals surface area contributed by atoms with Crippen LogP contribution in [-0.2, 0) is 11.3 Å². The monoisotopic (exact) mass is 452 g/mol. The third-order valence-electron chi connectivity index (χ3n) is 6.56. The molecule has 2 heterocycles. The molecule has 0 fully saturated rings. The summed E-state index contributed by atoms with van der Waals surface area (Å²) in [4.78, 5) is 31.8. The maximum Gasteiger partial charge on any atom is 0.251 e. The average Bonchev–Trinajstić information content (AvgIpc) is 2.83. The number of benzene rings is 2. The number of aliphatic imine (C=N–C) groups is 1. The van der Waals surface area contributed by atoms with Gasteiger partial charge in [0.25, 0.3) is 5.91 Å². The quantitative estimate of drug-likeness (QED) is 0.701. The molecule has 2 aliphatic heterocycles. The van der Waals surface area contributed by atoms with Gasteiger partial charge in [-0.2, -0.15) is 0 Å². The van der Waals surface area contributed by atoms with Crippen molar-refractivity contribution in [3.05, 3.63) is 65.2 Å². The number of alkyl halides is 1. The molecule has 0 spiro atoms. The van der Waals surface area contributed by atoms with E-state index < -0.39 is 23.7 Å². The predicted molar refractivity (Wildman–Crippen MR) is 124 cm³/mol. The summed E-state index contributed by atoms with van der Waals surface area (Å²) in [5, 5.41) is 2.79. The number of carbonyl (C=O) groups excluding carboxylic acids is 2. The van der Waals surface area contributed by atoms with Crippen LogP contribution in [0.15, 0.2) is 53.5 Å². The van der Waals surface area contributed by atoms with Crippen molar-refractivity contribution in [2.45, 2.75) is 57.4 Å². The molecule has 0 saturated carbocycles. The summed E-state index contributed by atoms with van der Waals surface area (Å²) < 4.78 is 20.0. The summed E-state index contributed by atoms with van der Waals surface area (Å²) in [5.41, 5.74) is 7.43. The highest BCUT2D eigenvalue weighted by atomic mass is 19.1. The summed E-state index contributed by atoms with van der Waals surface area (Å²) in [6, 6.07) is 13.2. The highest BCUT2D eigenvalue weighted by molar-refractivity contribution is 5.99. The van der Waals surface area contributed by atoms with Crippen molar-refractivity contribution in [2.24, 2.45) is 10.7 Å². The first-order chi connectivity index (χ1) is 15.9. The molecule has 3 N–H and O–H groups in total. The molecule has 33 heavy (non-hydrogen) atoms. The number of guanidine groups is 1. The first-order valence-corrected chi connectivity index (χ1v) is 11.3. The fraction of sp³-hybridized carbons (Fsp3) is 0.400. The summed E-state index contributed by atoms with van der Waals surface area (Å²) in [7, 11) is 0. The van der Waals surface area contributed by atoms with Crippen LogP contribution in [0.25, 0.3) is 0 Å². The summed E-state index contributed by atoms with van der Waals surface area (Å²) in [6.07, 6.45) is 0.433. The SMILES string of the molecule is CCC1(CC)CC(=O)N(Cc2cccc(C(=O)N[C@@H]3c4ccccc4OCC3F)c2)C(N)=N1. The van der Waals surface area contributed by atoms with Crippen molar-refractivity contribution >= 4 is 17.8 Å². The van der Waals surface area contributed by atoms with Gasteiger partial charge in [-0.1, -0.05) is 44.2 Å². The standard InChI is InChI=1S/C25H29FN4O3/c1-3-25(4-2)13-21(31)30(24(27)29-25)14-16-8-7-9-17(12-16)23(32)28-22-18-10-5-6-11-20(18)33-15-19(22)26/h5-12,19,22H,3-4,13-15H2,1-2H3,(H2,27,29)(H,28,32)/t19?,22-/m1/s1. The minimum atomic E-state index is -1.36. The van der Waals surface area contributed by atoms with Gasteiger partial charge >= 0.3 is 0 Å². The normalized spacial score (nSPS) is 21.6. The molecular weight excluding hydrogens is 423 g/mol. The first-order valence-electron chi connectivity index (χ1n) is 11.3. The zero-order valence-corrected chi connectivity index (χ0v) is 18.9. The van der Waals surface area contributed by atoms with Gasteiger partial charge in [0, 0.05) is 11.1 Å². The van der Waals surface area contributed by atoms with Crippen LogP contribution >= 0.6 is 0 Å². The average molecular weight is 453 g/mol. The molecule has 2 atom stereocenters. The summed E-state index contributed by atoms with van der Waals surface area (Å²) in [6.45, 7) is 4.10. The highest BCUT2D eigenvalue weighted by Gasteiger charge is 2.37. The van der Waals surface area contributed by atoms with Crippen molar-refractivity contribution in [3.8, 4) is 5.75 Å². The number of rotatable bonds is 6. The van der Waals surface area contributed by atoms with Gasteiger partial charge in [0.1, 0.15) is 12.4 Å². The fourth-order valence-electron chi connectivity index (χ4n) is 4.39. The van der Waals surface area contributed by atoms with Gasteiger partial charge < -0.3 is 15.8 Å². The minimum absolute atomic E-state index is 0.0832. The Bertz CT molecular complexity index is 1080. The maximum absolute atomic E-state index is 14.6. The van der Waals surface area contributed by atoms with Gasteiger partial charge in [0.15, 0.2) is 12.1 Å². The third-order valence-corrected chi connectivity index (χ3v) is 6.56. The largest absolute Gasteiger partial charge is 0.490 e. The zero-order chi connectivity index (χ0) is 23.6. The molecule has 0 bridgehead atoms. The Morgan fingerprint density at radius 2 is 2.00 bits per heavy atom. The second-order valence-electron chi connectivity index (χ2n) is 8.57. The Morgan fingerprint density at radius 3 is 2.73 bits per heavy atom. The molecule has 0 aliphatic carbocycles. The van der Waals surface area contributed by atoms with Gasteiger partial charge in [0.2, 0.25) is 5.91 Å². The summed E-state index contributed by atoms with van der Waals surface area (Å²) >= 11 is 0. The number of amides is 2. The van der Waals surface area contributed by atoms with Crippen molar-refractivity contribution in [2.75, 3.05) is 6.61 Å². The number of carbonyl (C=O) groups is 2. The van der Waals surface area contributed by atoms with Crippen molar-refractivity contribution < 1.29 is 18.7 Å². The van der Waals surface area contributed by atoms with Crippen LogP contribution in [0.5, 0.6) is 5.75 Å². The van der Waals surface area contributed by atoms with E-state index in [9.17, 15) is 14.0 Å². The highest BCUT2D eigenvalue weighted by Crippen LogP contribution is 2.34. The van der Waals surface area contributed by atoms with Crippen LogP contribution in [0.3, 0.4) is 0 Å². The zero-order valence-electron chi connectivity index (χ0n) is 18.9. The Hall–Kier alpha value is -3.42. The smallest absolute Gasteiger partial charge is 0.251 e. The molecule has 8 heteroatoms. The fourth-order valence-corrected chi connectivity index (χ4v) is 4.39. The van der Waals surface area contributed by atoms with E-state index in [2.05, 4.69) is 10.3 Å². The topological polar surface area (TPSA) is 97.0 Å². The molecule has 2 aromatic rings. The molecule has 7 nitrogen and oxygen atoms in total. The maximum atomic E-state index is 14.6. The number of halogens is 1. The van der Waals surface area contributed by atoms with E-state index in [4.69, 9.17) is 10.5 Å². The van der Waals surface area contributed by atoms with E-state index in [1.54, 1.807) is 36.4 Å². The van der Waals surface area contributed by atoms with E-state index in [-0.39, 0.29) is 25.0 Å². The van der Waals surface area contributed by atoms with E-state index in [0.717, 1.165) is 18.4 Å². The lowest BCUT2D eigenvalue weighted by atomic mass is 9.88. The minimum Gasteiger partial charge on any atom is -0.490 e. The van der Waals surface area contributed by atoms with Crippen molar-refractivity contribution in [1.29, 1.82) is 0 Å². The van der Waals surface area contributed by atoms with Gasteiger partial charge in [-0.25, -0.2) is 9.38 Å². The Labute approximate surface area is 192 Å². The van der Waals surface area contributed by atoms with E-state index in [0.29, 0.717) is 23.3 Å². The van der Waals surface area contributed by atoms with Crippen LogP contribution < -0.4 is 15.8 Å². The first kappa shape index (κ1) is 22.8. The molecule has 4 rings (SSSR count). The lowest BCUT2D eigenvalue weighted by molar-refractivity contribution is -0.130. The number of nitrogens with zero attached hydrogens (tertiary/aromatic N) is 2. The molecule has 0 saturated heterocycles. The molecule has 0 aromatic heterocycles. The second-order valence-corrected chi connectivity index (χ2v) is 8.57. The van der Waals surface area contributed by atoms with Crippen molar-refractivity contribution in [1.82, 2.24) is 10.2 Å². The number of fused-ring (bicyclic) bond motifs is 1. The van der Waals surface area contributed by atoms with Gasteiger partial charge in [-0.15, -0.1) is 0 Å². The molecular formula is C25H29FN4O3. The van der Waals surface area contributed by atoms with Crippen LogP contribution in [0.1, 0.15) is 60.6 Å². The number of hydrogen-bond donors (Lipinski definition) is 2. The van der Waals surface area contributed by atoms with E-state index >= 15 is 0 Å². The number of hydrogen-bond acceptors (Lipinski definition) is 5. The van der Waals surface area contributed by atoms with Gasteiger partial charge in [0.05, 0.1) is 24.5 Å². The van der Waals surface area contributed by atoms with Crippen molar-refractivity contribution in [3.63, 3.8) is 0 Å². The van der Waals surface area contributed by atoms with Crippen LogP contribution in [0.2, 0.25) is 0 Å². The lowest BCUT2D eigenvalue weighted by Gasteiger charge is -2.36. The number of para-hydroxylation sites is 1. The number of ether oxygens (including phenoxy) is 1. The van der Waals surface area contributed by atoms with E-state index in [1.165, 1.54) is 4.90 Å². The molecule has 2 amide bonds. The lowest BCUT2D eigenvalue weighted by Crippen LogP contribution is -2.50. The molecule has 0 radical (unpaired) electrons. The molecule has 2 aromatic carbocycles. The number of nitrogens with two attached hydrogens (primary N) is 1. The third kappa shape index (κ3) is 4.55. The molecule has 2 aliphatic rings. The van der Waals surface area contributed by atoms with Crippen LogP contribution in [0, 0.1) is 0 Å². The summed E-state index contributed by atoms with van der Waals surface area (Å²) in [5.74, 6) is 0.284. The predicted octanol–water partition coefficient (Wildman–Crippen LogP) is 3.49. The Balaban J connectivity index is 1.51. The molecule has 1 unspecified atom stereocenters. The number of nitrogens with one attached hydrogen (secondary N) is 1. The van der Waals surface area contributed by atoms with E-state index in [1.807, 2.05) is 26.0 Å². The molecule has 174 valence electrons. The second kappa shape index (κ2) is 9.21. The van der Waals surface area contributed by atoms with Gasteiger partial charge in [-0.3, -0.25) is 14.5 Å². The Kier molecular flexibility index (Phi) is 6.35. The van der Waals surface area contributed by atoms with Crippen LogP contribution in [-0.4, -0.2) is 41.0 Å². The van der Waals surface area contributed by atoms with Gasteiger partial charge in [-0.05, 0) is 36.6 Å².